The number of benzene rings is 2. The second kappa shape index (κ2) is 8.22. The van der Waals surface area contributed by atoms with Crippen molar-refractivity contribution in [1.29, 1.82) is 0 Å². The second-order valence-electron chi connectivity index (χ2n) is 6.66. The summed E-state index contributed by atoms with van der Waals surface area (Å²) in [6.45, 7) is 1.52. The number of hydrogen-bond donors (Lipinski definition) is 1. The summed E-state index contributed by atoms with van der Waals surface area (Å²) in [6.07, 6.45) is 0. The Balaban J connectivity index is 1.52. The monoisotopic (exact) mass is 466 g/mol. The van der Waals surface area contributed by atoms with Crippen molar-refractivity contribution < 1.29 is 14.4 Å². The number of nitrogens with zero attached hydrogens (tertiary/aromatic N) is 1. The molecule has 29 heavy (non-hydrogen) atoms. The van der Waals surface area contributed by atoms with Crippen LogP contribution in [0.3, 0.4) is 0 Å². The van der Waals surface area contributed by atoms with Crippen molar-refractivity contribution >= 4 is 70.1 Å². The van der Waals surface area contributed by atoms with Crippen LogP contribution in [0.1, 0.15) is 37.8 Å². The molecule has 0 unspecified atom stereocenters. The molecular weight excluding hydrogens is 451 g/mol. The molecular formula is C20H16Cl2N2O3S2. The van der Waals surface area contributed by atoms with Crippen LogP contribution >= 0.6 is 46.7 Å². The lowest BCUT2D eigenvalue weighted by atomic mass is 10.1. The van der Waals surface area contributed by atoms with Crippen LogP contribution in [-0.2, 0) is 4.79 Å². The zero-order chi connectivity index (χ0) is 20.7. The summed E-state index contributed by atoms with van der Waals surface area (Å²) in [6, 6.07) is 9.39. The van der Waals surface area contributed by atoms with Crippen molar-refractivity contribution in [2.75, 3.05) is 16.8 Å². The molecule has 1 N–H and O–H groups in total. The maximum atomic E-state index is 12.8. The van der Waals surface area contributed by atoms with Crippen LogP contribution in [0.4, 0.5) is 5.69 Å². The standard InChI is InChI=1S/C20H16Cl2N2O3S2/c1-10(24-18(26)13-8-15(21)16(22)9-14(13)19(24)27)17(25)23-12-4-2-3-11(7-12)20-28-5-6-29-20/h2-4,7-10,20H,5-6H2,1H3,(H,23,25)/t10-/m0/s1. The molecule has 2 aromatic rings. The first-order chi connectivity index (χ1) is 13.9. The molecule has 1 fully saturated rings. The minimum absolute atomic E-state index is 0.154. The van der Waals surface area contributed by atoms with Gasteiger partial charge in [0.05, 0.1) is 25.8 Å². The summed E-state index contributed by atoms with van der Waals surface area (Å²) in [5.74, 6) is 0.658. The number of halogens is 2. The van der Waals surface area contributed by atoms with Crippen LogP contribution in [0.25, 0.3) is 0 Å². The highest BCUT2D eigenvalue weighted by molar-refractivity contribution is 8.19. The highest BCUT2D eigenvalue weighted by atomic mass is 35.5. The van der Waals surface area contributed by atoms with Crippen molar-refractivity contribution in [3.8, 4) is 0 Å². The van der Waals surface area contributed by atoms with E-state index in [-0.39, 0.29) is 21.2 Å². The molecule has 0 bridgehead atoms. The number of fused-ring (bicyclic) bond motifs is 1. The molecule has 4 rings (SSSR count). The van der Waals surface area contributed by atoms with Crippen LogP contribution in [0, 0.1) is 0 Å². The normalized spacial score (nSPS) is 17.6. The van der Waals surface area contributed by atoms with Gasteiger partial charge in [-0.25, -0.2) is 0 Å². The topological polar surface area (TPSA) is 66.5 Å². The van der Waals surface area contributed by atoms with Crippen molar-refractivity contribution in [3.05, 3.63) is 63.1 Å². The Hall–Kier alpha value is -1.67. The lowest BCUT2D eigenvalue weighted by Gasteiger charge is -2.22. The average molecular weight is 467 g/mol. The van der Waals surface area contributed by atoms with Gasteiger partial charge in [-0.2, -0.15) is 0 Å². The highest BCUT2D eigenvalue weighted by Gasteiger charge is 2.41. The molecule has 150 valence electrons. The first-order valence-corrected chi connectivity index (χ1v) is 11.7. The van der Waals surface area contributed by atoms with E-state index in [4.69, 9.17) is 23.2 Å². The van der Waals surface area contributed by atoms with E-state index >= 15 is 0 Å². The van der Waals surface area contributed by atoms with Gasteiger partial charge in [0.1, 0.15) is 6.04 Å². The lowest BCUT2D eigenvalue weighted by molar-refractivity contribution is -0.119. The molecule has 0 saturated carbocycles. The second-order valence-corrected chi connectivity index (χ2v) is 10.2. The fourth-order valence-electron chi connectivity index (χ4n) is 3.28. The number of carbonyl (C=O) groups is 3. The molecule has 0 spiro atoms. The number of nitrogens with one attached hydrogen (secondary N) is 1. The smallest absolute Gasteiger partial charge is 0.262 e. The van der Waals surface area contributed by atoms with E-state index in [0.717, 1.165) is 22.0 Å². The first kappa shape index (κ1) is 20.6. The highest BCUT2D eigenvalue weighted by Crippen LogP contribution is 2.45. The minimum atomic E-state index is -0.987. The number of hydrogen-bond acceptors (Lipinski definition) is 5. The van der Waals surface area contributed by atoms with E-state index in [1.165, 1.54) is 19.1 Å². The summed E-state index contributed by atoms with van der Waals surface area (Å²) < 4.78 is 0.356. The fourth-order valence-corrected chi connectivity index (χ4v) is 6.45. The van der Waals surface area contributed by atoms with E-state index < -0.39 is 23.8 Å². The predicted molar refractivity (Wildman–Crippen MR) is 119 cm³/mol. The summed E-state index contributed by atoms with van der Waals surface area (Å²) in [7, 11) is 0. The molecule has 0 aliphatic carbocycles. The van der Waals surface area contributed by atoms with E-state index in [1.807, 2.05) is 41.7 Å². The molecule has 3 amide bonds. The minimum Gasteiger partial charge on any atom is -0.324 e. The maximum absolute atomic E-state index is 12.8. The van der Waals surface area contributed by atoms with Gasteiger partial charge in [0.15, 0.2) is 0 Å². The van der Waals surface area contributed by atoms with Gasteiger partial charge in [0.2, 0.25) is 5.91 Å². The third-order valence-electron chi connectivity index (χ3n) is 4.77. The zero-order valence-electron chi connectivity index (χ0n) is 15.3. The van der Waals surface area contributed by atoms with Crippen LogP contribution in [0.15, 0.2) is 36.4 Å². The van der Waals surface area contributed by atoms with Crippen molar-refractivity contribution in [1.82, 2.24) is 4.90 Å². The molecule has 5 nitrogen and oxygen atoms in total. The van der Waals surface area contributed by atoms with Gasteiger partial charge >= 0.3 is 0 Å². The van der Waals surface area contributed by atoms with Crippen molar-refractivity contribution in [3.63, 3.8) is 0 Å². The average Bonchev–Trinajstić information content (AvgIpc) is 3.31. The molecule has 9 heteroatoms. The third kappa shape index (κ3) is 3.89. The molecule has 1 saturated heterocycles. The van der Waals surface area contributed by atoms with Crippen LogP contribution in [0.5, 0.6) is 0 Å². The quantitative estimate of drug-likeness (QED) is 0.635. The molecule has 2 aliphatic rings. The Bertz CT molecular complexity index is 984. The van der Waals surface area contributed by atoms with Gasteiger partial charge in [-0.3, -0.25) is 19.3 Å². The SMILES string of the molecule is C[C@@H](C(=O)Nc1cccc(C2SCCS2)c1)N1C(=O)c2cc(Cl)c(Cl)cc2C1=O. The molecule has 0 radical (unpaired) electrons. The Labute approximate surface area is 186 Å². The summed E-state index contributed by atoms with van der Waals surface area (Å²) in [5.41, 5.74) is 2.07. The molecule has 0 aromatic heterocycles. The van der Waals surface area contributed by atoms with Crippen molar-refractivity contribution in [2.45, 2.75) is 17.5 Å². The summed E-state index contributed by atoms with van der Waals surface area (Å²) in [5, 5.41) is 3.19. The molecule has 2 aliphatic heterocycles. The van der Waals surface area contributed by atoms with Gasteiger partial charge in [-0.1, -0.05) is 35.3 Å². The largest absolute Gasteiger partial charge is 0.324 e. The molecule has 2 aromatic carbocycles. The maximum Gasteiger partial charge on any atom is 0.262 e. The van der Waals surface area contributed by atoms with Gasteiger partial charge in [0.25, 0.3) is 11.8 Å². The van der Waals surface area contributed by atoms with Gasteiger partial charge in [-0.15, -0.1) is 23.5 Å². The van der Waals surface area contributed by atoms with E-state index in [2.05, 4.69) is 5.32 Å². The Morgan fingerprint density at radius 2 is 1.66 bits per heavy atom. The molecule has 2 heterocycles. The van der Waals surface area contributed by atoms with E-state index in [0.29, 0.717) is 10.3 Å². The van der Waals surface area contributed by atoms with Crippen LogP contribution in [0.2, 0.25) is 10.0 Å². The number of thioether (sulfide) groups is 2. The van der Waals surface area contributed by atoms with Gasteiger partial charge < -0.3 is 5.32 Å². The van der Waals surface area contributed by atoms with E-state index in [1.54, 1.807) is 6.07 Å². The number of amides is 3. The van der Waals surface area contributed by atoms with Crippen LogP contribution < -0.4 is 5.32 Å². The Kier molecular flexibility index (Phi) is 5.84. The Morgan fingerprint density at radius 1 is 1.07 bits per heavy atom. The fraction of sp³-hybridized carbons (Fsp3) is 0.250. The number of imide groups is 1. The molecule has 1 atom stereocenters. The lowest BCUT2D eigenvalue weighted by Crippen LogP contribution is -2.45. The van der Waals surface area contributed by atoms with Crippen molar-refractivity contribution in [2.24, 2.45) is 0 Å². The van der Waals surface area contributed by atoms with E-state index in [9.17, 15) is 14.4 Å². The van der Waals surface area contributed by atoms with Gasteiger partial charge in [0, 0.05) is 17.2 Å². The van der Waals surface area contributed by atoms with Gasteiger partial charge in [-0.05, 0) is 36.8 Å². The third-order valence-corrected chi connectivity index (χ3v) is 8.60. The Morgan fingerprint density at radius 3 is 2.24 bits per heavy atom. The number of anilines is 1. The first-order valence-electron chi connectivity index (χ1n) is 8.88. The van der Waals surface area contributed by atoms with Crippen LogP contribution in [-0.4, -0.2) is 40.2 Å². The number of carbonyl (C=O) groups excluding carboxylic acids is 3. The summed E-state index contributed by atoms with van der Waals surface area (Å²) in [4.78, 5) is 39.2. The predicted octanol–water partition coefficient (Wildman–Crippen LogP) is 5.10. The summed E-state index contributed by atoms with van der Waals surface area (Å²) >= 11 is 15.7. The zero-order valence-corrected chi connectivity index (χ0v) is 18.4. The number of rotatable bonds is 4.